The van der Waals surface area contributed by atoms with Gasteiger partial charge in [-0.15, -0.1) is 6.58 Å². The maximum absolute atomic E-state index is 14.9. The predicted octanol–water partition coefficient (Wildman–Crippen LogP) is 9.54. The van der Waals surface area contributed by atoms with E-state index in [9.17, 15) is 17.6 Å². The van der Waals surface area contributed by atoms with Crippen LogP contribution in [0, 0.1) is 17.6 Å². The van der Waals surface area contributed by atoms with E-state index < -0.39 is 29.4 Å². The maximum atomic E-state index is 14.9. The normalized spacial score (nSPS) is 19.7. The molecule has 1 aliphatic carbocycles. The van der Waals surface area contributed by atoms with Crippen LogP contribution in [0.2, 0.25) is 0 Å². The average Bonchev–Trinajstić information content (AvgIpc) is 2.82. The number of rotatable bonds is 11. The second-order valence-corrected chi connectivity index (χ2v) is 9.57. The third kappa shape index (κ3) is 7.30. The Labute approximate surface area is 206 Å². The van der Waals surface area contributed by atoms with Gasteiger partial charge in [0.2, 0.25) is 0 Å². The molecule has 1 aliphatic rings. The summed E-state index contributed by atoms with van der Waals surface area (Å²) < 4.78 is 64.4. The van der Waals surface area contributed by atoms with Crippen molar-refractivity contribution in [3.63, 3.8) is 0 Å². The van der Waals surface area contributed by atoms with Crippen molar-refractivity contribution in [3.8, 4) is 0 Å². The summed E-state index contributed by atoms with van der Waals surface area (Å²) in [6.07, 6.45) is 8.10. The van der Waals surface area contributed by atoms with E-state index >= 15 is 0 Å². The van der Waals surface area contributed by atoms with Gasteiger partial charge in [0.25, 0.3) is 0 Å². The van der Waals surface area contributed by atoms with Gasteiger partial charge < -0.3 is 4.74 Å². The molecule has 1 unspecified atom stereocenters. The monoisotopic (exact) mass is 488 g/mol. The summed E-state index contributed by atoms with van der Waals surface area (Å²) in [5.74, 6) is -1.96. The highest BCUT2D eigenvalue weighted by atomic mass is 19.3. The van der Waals surface area contributed by atoms with Crippen molar-refractivity contribution in [2.24, 2.45) is 5.92 Å². The molecule has 0 saturated heterocycles. The Morgan fingerprint density at radius 1 is 1.03 bits per heavy atom. The van der Waals surface area contributed by atoms with E-state index in [-0.39, 0.29) is 5.92 Å². The van der Waals surface area contributed by atoms with Crippen molar-refractivity contribution in [2.45, 2.75) is 83.3 Å². The zero-order valence-electron chi connectivity index (χ0n) is 20.7. The zero-order valence-corrected chi connectivity index (χ0v) is 20.7. The summed E-state index contributed by atoms with van der Waals surface area (Å²) in [5, 5.41) is 0. The van der Waals surface area contributed by atoms with E-state index in [0.717, 1.165) is 69.1 Å². The van der Waals surface area contributed by atoms with Crippen molar-refractivity contribution < 1.29 is 22.3 Å². The molecule has 3 rings (SSSR count). The molecule has 0 heterocycles. The minimum absolute atomic E-state index is 0.0205. The fraction of sp³-hybridized carbons (Fsp3) is 0.467. The Morgan fingerprint density at radius 2 is 1.66 bits per heavy atom. The quantitative estimate of drug-likeness (QED) is 0.226. The molecule has 5 heteroatoms. The lowest BCUT2D eigenvalue weighted by atomic mass is 9.77. The van der Waals surface area contributed by atoms with Gasteiger partial charge in [-0.05, 0) is 106 Å². The van der Waals surface area contributed by atoms with Crippen LogP contribution in [0.4, 0.5) is 17.6 Å². The molecule has 1 nitrogen and oxygen atoms in total. The fourth-order valence-corrected chi connectivity index (χ4v) is 4.97. The van der Waals surface area contributed by atoms with Crippen molar-refractivity contribution in [3.05, 3.63) is 95.1 Å². The molecule has 1 saturated carbocycles. The lowest BCUT2D eigenvalue weighted by Crippen LogP contribution is -2.24. The van der Waals surface area contributed by atoms with E-state index in [1.165, 1.54) is 6.92 Å². The second kappa shape index (κ2) is 12.5. The molecule has 2 aromatic rings. The summed E-state index contributed by atoms with van der Waals surface area (Å²) in [6.45, 7) is 7.16. The van der Waals surface area contributed by atoms with Crippen molar-refractivity contribution >= 4 is 0 Å². The first-order valence-electron chi connectivity index (χ1n) is 12.6. The number of benzene rings is 2. The van der Waals surface area contributed by atoms with E-state index in [4.69, 9.17) is 4.74 Å². The Balaban J connectivity index is 1.67. The van der Waals surface area contributed by atoms with Gasteiger partial charge in [-0.1, -0.05) is 42.5 Å². The van der Waals surface area contributed by atoms with Crippen molar-refractivity contribution in [1.82, 2.24) is 0 Å². The summed E-state index contributed by atoms with van der Waals surface area (Å²) in [5.41, 5.74) is 0.720. The van der Waals surface area contributed by atoms with E-state index in [2.05, 4.69) is 12.7 Å². The van der Waals surface area contributed by atoms with Gasteiger partial charge in [-0.25, -0.2) is 8.78 Å². The third-order valence-electron chi connectivity index (χ3n) is 7.06. The van der Waals surface area contributed by atoms with Gasteiger partial charge >= 0.3 is 6.11 Å². The highest BCUT2D eigenvalue weighted by Crippen LogP contribution is 2.42. The van der Waals surface area contributed by atoms with Crippen LogP contribution in [0.5, 0.6) is 0 Å². The number of hydrogen-bond acceptors (Lipinski definition) is 1. The van der Waals surface area contributed by atoms with Gasteiger partial charge in [0.05, 0.1) is 6.10 Å². The van der Waals surface area contributed by atoms with Crippen LogP contribution in [0.15, 0.2) is 61.2 Å². The first-order chi connectivity index (χ1) is 16.7. The molecule has 1 atom stereocenters. The number of ether oxygens (including phenoxy) is 1. The largest absolute Gasteiger partial charge is 0.389 e. The number of allylic oxidation sites excluding steroid dienone is 3. The van der Waals surface area contributed by atoms with Crippen LogP contribution < -0.4 is 0 Å². The van der Waals surface area contributed by atoms with Gasteiger partial charge in [0.1, 0.15) is 17.2 Å². The second-order valence-electron chi connectivity index (χ2n) is 9.57. The number of hydrogen-bond donors (Lipinski definition) is 0. The Morgan fingerprint density at radius 3 is 2.23 bits per heavy atom. The molecule has 0 aliphatic heterocycles. The van der Waals surface area contributed by atoms with Gasteiger partial charge in [0, 0.05) is 0 Å². The Bertz CT molecular complexity index is 965. The van der Waals surface area contributed by atoms with Crippen LogP contribution >= 0.6 is 0 Å². The van der Waals surface area contributed by atoms with Crippen LogP contribution in [0.25, 0.3) is 0 Å². The Kier molecular flexibility index (Phi) is 9.73. The summed E-state index contributed by atoms with van der Waals surface area (Å²) in [4.78, 5) is 0. The first-order valence-corrected chi connectivity index (χ1v) is 12.6. The molecule has 0 radical (unpaired) electrons. The SMILES string of the molecule is C=CCCC1CCC(c2cc(F)c(C(F)(F)OC(C)c3ccc(CC/C=C/C)cc3)c(F)c2)CC1. The van der Waals surface area contributed by atoms with E-state index in [0.29, 0.717) is 17.0 Å². The molecular formula is C30H36F4O. The highest BCUT2D eigenvalue weighted by Gasteiger charge is 2.41. The molecule has 0 aromatic heterocycles. The van der Waals surface area contributed by atoms with Crippen LogP contribution in [0.1, 0.15) is 93.1 Å². The van der Waals surface area contributed by atoms with Crippen molar-refractivity contribution in [1.29, 1.82) is 0 Å². The molecule has 0 amide bonds. The first kappa shape index (κ1) is 27.2. The highest BCUT2D eigenvalue weighted by molar-refractivity contribution is 5.31. The van der Waals surface area contributed by atoms with Gasteiger partial charge in [0.15, 0.2) is 0 Å². The maximum Gasteiger partial charge on any atom is 0.389 e. The van der Waals surface area contributed by atoms with Crippen LogP contribution in [-0.4, -0.2) is 0 Å². The molecule has 0 bridgehead atoms. The summed E-state index contributed by atoms with van der Waals surface area (Å²) in [6, 6.07) is 9.28. The molecule has 2 aromatic carbocycles. The smallest absolute Gasteiger partial charge is 0.309 e. The summed E-state index contributed by atoms with van der Waals surface area (Å²) >= 11 is 0. The zero-order chi connectivity index (χ0) is 25.4. The standard InChI is InChI=1S/C30H36F4O/c1-4-6-8-10-23-11-15-24(16-12-23)21(3)35-30(33,34)29-27(31)19-26(20-28(29)32)25-17-13-22(14-18-25)9-7-5-2/h4-6,11-12,15-16,19-22,25H,2,7-10,13-14,17-18H2,1,3H3/b6-4+. The molecule has 35 heavy (non-hydrogen) atoms. The molecular weight excluding hydrogens is 452 g/mol. The number of halogens is 4. The summed E-state index contributed by atoms with van der Waals surface area (Å²) in [7, 11) is 0. The molecule has 1 fully saturated rings. The lowest BCUT2D eigenvalue weighted by Gasteiger charge is -2.29. The van der Waals surface area contributed by atoms with Crippen LogP contribution in [-0.2, 0) is 17.3 Å². The lowest BCUT2D eigenvalue weighted by molar-refractivity contribution is -0.275. The minimum atomic E-state index is -4.10. The van der Waals surface area contributed by atoms with Crippen molar-refractivity contribution in [2.75, 3.05) is 0 Å². The predicted molar refractivity (Wildman–Crippen MR) is 133 cm³/mol. The van der Waals surface area contributed by atoms with E-state index in [1.807, 2.05) is 31.2 Å². The number of alkyl halides is 2. The fourth-order valence-electron chi connectivity index (χ4n) is 4.97. The topological polar surface area (TPSA) is 9.23 Å². The number of aryl methyl sites for hydroxylation is 1. The minimum Gasteiger partial charge on any atom is -0.309 e. The van der Waals surface area contributed by atoms with Gasteiger partial charge in [-0.3, -0.25) is 0 Å². The Hall–Kier alpha value is -2.40. The molecule has 0 spiro atoms. The van der Waals surface area contributed by atoms with E-state index in [1.54, 1.807) is 12.1 Å². The molecule has 190 valence electrons. The average molecular weight is 489 g/mol. The van der Waals surface area contributed by atoms with Gasteiger partial charge in [-0.2, -0.15) is 8.78 Å². The van der Waals surface area contributed by atoms with Crippen LogP contribution in [0.3, 0.4) is 0 Å². The molecule has 0 N–H and O–H groups in total. The third-order valence-corrected chi connectivity index (χ3v) is 7.06.